The van der Waals surface area contributed by atoms with E-state index in [1.165, 1.54) is 24.0 Å². The van der Waals surface area contributed by atoms with Crippen LogP contribution in [0.25, 0.3) is 10.2 Å². The molecule has 140 valence electrons. The Kier molecular flexibility index (Phi) is 4.47. The van der Waals surface area contributed by atoms with Gasteiger partial charge in [-0.25, -0.2) is 9.78 Å². The number of methoxy groups -OCH3 is 1. The molecule has 6 nitrogen and oxygen atoms in total. The molecule has 0 saturated heterocycles. The van der Waals surface area contributed by atoms with Crippen LogP contribution < -0.4 is 10.9 Å². The lowest BCUT2D eigenvalue weighted by molar-refractivity contribution is 0.0600. The number of benzene rings is 1. The van der Waals surface area contributed by atoms with Crippen molar-refractivity contribution >= 4 is 39.2 Å². The Morgan fingerprint density at radius 1 is 1.30 bits per heavy atom. The van der Waals surface area contributed by atoms with Gasteiger partial charge in [-0.3, -0.25) is 9.36 Å². The summed E-state index contributed by atoms with van der Waals surface area (Å²) in [5, 5.41) is 3.95. The summed E-state index contributed by atoms with van der Waals surface area (Å²) >= 11 is 1.62. The van der Waals surface area contributed by atoms with Crippen LogP contribution in [-0.2, 0) is 24.6 Å². The molecule has 0 aliphatic heterocycles. The van der Waals surface area contributed by atoms with Crippen molar-refractivity contribution in [2.75, 3.05) is 12.4 Å². The van der Waals surface area contributed by atoms with Gasteiger partial charge in [-0.15, -0.1) is 11.3 Å². The number of anilines is 2. The number of carbonyl (C=O) groups is 1. The maximum Gasteiger partial charge on any atom is 0.338 e. The van der Waals surface area contributed by atoms with Gasteiger partial charge < -0.3 is 10.1 Å². The van der Waals surface area contributed by atoms with Crippen LogP contribution in [0.1, 0.15) is 39.2 Å². The molecule has 4 rings (SSSR count). The lowest BCUT2D eigenvalue weighted by Gasteiger charge is -2.13. The van der Waals surface area contributed by atoms with Crippen LogP contribution in [0.5, 0.6) is 0 Å². The van der Waals surface area contributed by atoms with Gasteiger partial charge in [0.15, 0.2) is 0 Å². The molecule has 1 N–H and O–H groups in total. The van der Waals surface area contributed by atoms with Crippen LogP contribution in [0, 0.1) is 6.92 Å². The Morgan fingerprint density at radius 3 is 2.85 bits per heavy atom. The van der Waals surface area contributed by atoms with Crippen molar-refractivity contribution in [3.05, 3.63) is 50.1 Å². The van der Waals surface area contributed by atoms with Crippen molar-refractivity contribution in [2.24, 2.45) is 7.05 Å². The fourth-order valence-electron chi connectivity index (χ4n) is 3.56. The van der Waals surface area contributed by atoms with Crippen LogP contribution in [0.4, 0.5) is 11.6 Å². The minimum atomic E-state index is -0.389. The van der Waals surface area contributed by atoms with Gasteiger partial charge in [-0.1, -0.05) is 6.07 Å². The molecule has 7 heteroatoms. The first-order valence-electron chi connectivity index (χ1n) is 8.97. The van der Waals surface area contributed by atoms with Gasteiger partial charge in [-0.05, 0) is 55.9 Å². The SMILES string of the molecule is COC(=O)c1cc(Nc2nc3sc4c(c3c(=O)n2C)CCCC4)ccc1C. The quantitative estimate of drug-likeness (QED) is 0.698. The summed E-state index contributed by atoms with van der Waals surface area (Å²) in [5.74, 6) is 0.0742. The number of aryl methyl sites for hydroxylation is 3. The number of esters is 1. The van der Waals surface area contributed by atoms with E-state index in [4.69, 9.17) is 9.72 Å². The van der Waals surface area contributed by atoms with Gasteiger partial charge in [0.25, 0.3) is 5.56 Å². The summed E-state index contributed by atoms with van der Waals surface area (Å²) in [7, 11) is 3.08. The summed E-state index contributed by atoms with van der Waals surface area (Å²) in [5.41, 5.74) is 3.16. The number of ether oxygens (including phenoxy) is 1. The van der Waals surface area contributed by atoms with Crippen molar-refractivity contribution in [2.45, 2.75) is 32.6 Å². The number of hydrogen-bond donors (Lipinski definition) is 1. The molecule has 27 heavy (non-hydrogen) atoms. The van der Waals surface area contributed by atoms with Crippen LogP contribution in [-0.4, -0.2) is 22.6 Å². The van der Waals surface area contributed by atoms with Gasteiger partial charge in [0.05, 0.1) is 18.1 Å². The van der Waals surface area contributed by atoms with E-state index in [-0.39, 0.29) is 11.5 Å². The van der Waals surface area contributed by atoms with E-state index in [9.17, 15) is 9.59 Å². The molecule has 1 aliphatic rings. The van der Waals surface area contributed by atoms with Crippen LogP contribution in [0.15, 0.2) is 23.0 Å². The number of nitrogens with zero attached hydrogens (tertiary/aromatic N) is 2. The Bertz CT molecular complexity index is 1110. The van der Waals surface area contributed by atoms with Crippen molar-refractivity contribution in [3.8, 4) is 0 Å². The topological polar surface area (TPSA) is 73.2 Å². The number of nitrogens with one attached hydrogen (secondary N) is 1. The average molecular weight is 383 g/mol. The second-order valence-corrected chi connectivity index (χ2v) is 7.92. The minimum Gasteiger partial charge on any atom is -0.465 e. The number of fused-ring (bicyclic) bond motifs is 3. The van der Waals surface area contributed by atoms with Crippen molar-refractivity contribution in [1.29, 1.82) is 0 Å². The van der Waals surface area contributed by atoms with Gasteiger partial charge in [0.1, 0.15) is 4.83 Å². The molecule has 2 aromatic heterocycles. The summed E-state index contributed by atoms with van der Waals surface area (Å²) < 4.78 is 6.38. The highest BCUT2D eigenvalue weighted by Gasteiger charge is 2.21. The predicted molar refractivity (Wildman–Crippen MR) is 107 cm³/mol. The van der Waals surface area contributed by atoms with E-state index in [1.54, 1.807) is 29.0 Å². The molecular weight excluding hydrogens is 362 g/mol. The fraction of sp³-hybridized carbons (Fsp3) is 0.350. The average Bonchev–Trinajstić information content (AvgIpc) is 3.05. The zero-order valence-electron chi connectivity index (χ0n) is 15.6. The number of hydrogen-bond acceptors (Lipinski definition) is 6. The second kappa shape index (κ2) is 6.81. The Hall–Kier alpha value is -2.67. The van der Waals surface area contributed by atoms with Crippen LogP contribution in [0.3, 0.4) is 0 Å². The monoisotopic (exact) mass is 383 g/mol. The normalized spacial score (nSPS) is 13.4. The maximum atomic E-state index is 13.0. The molecule has 0 fully saturated rings. The van der Waals surface area contributed by atoms with E-state index in [0.717, 1.165) is 35.0 Å². The standard InChI is InChI=1S/C20H21N3O3S/c1-11-8-9-12(10-14(11)19(25)26-3)21-20-22-17-16(18(24)23(20)2)13-6-4-5-7-15(13)27-17/h8-10H,4-7H2,1-3H3,(H,21,22). The summed E-state index contributed by atoms with van der Waals surface area (Å²) in [6, 6.07) is 5.42. The zero-order chi connectivity index (χ0) is 19.1. The zero-order valence-corrected chi connectivity index (χ0v) is 16.4. The van der Waals surface area contributed by atoms with E-state index in [0.29, 0.717) is 17.2 Å². The van der Waals surface area contributed by atoms with Gasteiger partial charge in [-0.2, -0.15) is 0 Å². The van der Waals surface area contributed by atoms with E-state index < -0.39 is 0 Å². The first kappa shape index (κ1) is 17.7. The highest BCUT2D eigenvalue weighted by atomic mass is 32.1. The second-order valence-electron chi connectivity index (χ2n) is 6.84. The minimum absolute atomic E-state index is 0.0257. The van der Waals surface area contributed by atoms with Crippen LogP contribution >= 0.6 is 11.3 Å². The molecule has 0 bridgehead atoms. The first-order valence-corrected chi connectivity index (χ1v) is 9.78. The molecule has 3 aromatic rings. The summed E-state index contributed by atoms with van der Waals surface area (Å²) in [6.07, 6.45) is 4.29. The fourth-order valence-corrected chi connectivity index (χ4v) is 4.81. The largest absolute Gasteiger partial charge is 0.465 e. The summed E-state index contributed by atoms with van der Waals surface area (Å²) in [6.45, 7) is 1.85. The van der Waals surface area contributed by atoms with Crippen molar-refractivity contribution in [1.82, 2.24) is 9.55 Å². The van der Waals surface area contributed by atoms with Gasteiger partial charge >= 0.3 is 5.97 Å². The van der Waals surface area contributed by atoms with E-state index >= 15 is 0 Å². The molecule has 2 heterocycles. The number of aromatic nitrogens is 2. The molecule has 0 radical (unpaired) electrons. The molecule has 1 aliphatic carbocycles. The maximum absolute atomic E-state index is 13.0. The molecule has 0 amide bonds. The molecule has 0 unspecified atom stereocenters. The van der Waals surface area contributed by atoms with E-state index in [1.807, 2.05) is 19.1 Å². The highest BCUT2D eigenvalue weighted by molar-refractivity contribution is 7.18. The lowest BCUT2D eigenvalue weighted by Crippen LogP contribution is -2.21. The number of rotatable bonds is 3. The predicted octanol–water partition coefficient (Wildman–Crippen LogP) is 3.71. The molecule has 1 aromatic carbocycles. The first-order chi connectivity index (χ1) is 13.0. The van der Waals surface area contributed by atoms with Gasteiger partial charge in [0, 0.05) is 17.6 Å². The molecule has 0 saturated carbocycles. The van der Waals surface area contributed by atoms with Crippen molar-refractivity contribution in [3.63, 3.8) is 0 Å². The third kappa shape index (κ3) is 3.02. The Morgan fingerprint density at radius 2 is 2.07 bits per heavy atom. The smallest absolute Gasteiger partial charge is 0.338 e. The van der Waals surface area contributed by atoms with Crippen LogP contribution in [0.2, 0.25) is 0 Å². The lowest BCUT2D eigenvalue weighted by atomic mass is 9.97. The van der Waals surface area contributed by atoms with Gasteiger partial charge in [0.2, 0.25) is 5.95 Å². The molecular formula is C20H21N3O3S. The Labute approximate surface area is 160 Å². The van der Waals surface area contributed by atoms with E-state index in [2.05, 4.69) is 5.32 Å². The molecule has 0 spiro atoms. The highest BCUT2D eigenvalue weighted by Crippen LogP contribution is 2.34. The third-order valence-corrected chi connectivity index (χ3v) is 6.28. The molecule has 0 atom stereocenters. The Balaban J connectivity index is 1.78. The van der Waals surface area contributed by atoms with Crippen molar-refractivity contribution < 1.29 is 9.53 Å². The third-order valence-electron chi connectivity index (χ3n) is 5.10. The number of thiophene rings is 1. The summed E-state index contributed by atoms with van der Waals surface area (Å²) in [4.78, 5) is 31.7. The number of carbonyl (C=O) groups excluding carboxylic acids is 1.